The molecule has 0 aliphatic rings. The number of carbonyl (C=O) groups is 1. The Hall–Kier alpha value is -2.06. The molecule has 0 atom stereocenters. The van der Waals surface area contributed by atoms with Gasteiger partial charge >= 0.3 is 5.97 Å². The first-order valence-corrected chi connectivity index (χ1v) is 5.53. The Kier molecular flexibility index (Phi) is 2.98. The molecular formula is C12H7BrN2O2. The highest BCUT2D eigenvalue weighted by Crippen LogP contribution is 2.24. The highest BCUT2D eigenvalue weighted by atomic mass is 79.9. The number of aromatic amines is 1. The number of hydrogen-bond acceptors (Lipinski definition) is 2. The van der Waals surface area contributed by atoms with Gasteiger partial charge in [0.2, 0.25) is 0 Å². The summed E-state index contributed by atoms with van der Waals surface area (Å²) in [4.78, 5) is 13.8. The van der Waals surface area contributed by atoms with Crippen LogP contribution in [-0.4, -0.2) is 16.1 Å². The number of carboxylic acid groups (broad SMARTS) is 1. The van der Waals surface area contributed by atoms with Crippen LogP contribution >= 0.6 is 15.9 Å². The number of halogens is 1. The van der Waals surface area contributed by atoms with Crippen LogP contribution in [0.3, 0.4) is 0 Å². The number of nitrogens with one attached hydrogen (secondary N) is 1. The number of aromatic nitrogens is 1. The zero-order chi connectivity index (χ0) is 12.4. The quantitative estimate of drug-likeness (QED) is 0.659. The predicted octanol–water partition coefficient (Wildman–Crippen LogP) is 2.92. The van der Waals surface area contributed by atoms with Gasteiger partial charge in [-0.25, -0.2) is 4.79 Å². The van der Waals surface area contributed by atoms with Gasteiger partial charge in [0, 0.05) is 27.1 Å². The summed E-state index contributed by atoms with van der Waals surface area (Å²) in [5, 5.41) is 18.4. The van der Waals surface area contributed by atoms with Gasteiger partial charge in [-0.1, -0.05) is 15.9 Å². The molecular weight excluding hydrogens is 284 g/mol. The topological polar surface area (TPSA) is 76.9 Å². The molecule has 5 heteroatoms. The standard InChI is InChI=1S/C12H7BrN2O2/c13-9-1-2-11-10(4-9)8(6-15-11)3-7(5-14)12(16)17/h1-4,6,15H,(H,16,17)/b7-3+. The van der Waals surface area contributed by atoms with Gasteiger partial charge in [0.25, 0.3) is 0 Å². The minimum Gasteiger partial charge on any atom is -0.477 e. The number of benzene rings is 1. The van der Waals surface area contributed by atoms with Crippen molar-refractivity contribution in [3.05, 3.63) is 40.0 Å². The molecule has 1 aromatic carbocycles. The van der Waals surface area contributed by atoms with Crippen molar-refractivity contribution in [3.63, 3.8) is 0 Å². The first-order chi connectivity index (χ1) is 8.11. The molecule has 0 amide bonds. The maximum absolute atomic E-state index is 10.7. The fraction of sp³-hybridized carbons (Fsp3) is 0. The minimum absolute atomic E-state index is 0.286. The molecule has 0 bridgehead atoms. The lowest BCUT2D eigenvalue weighted by molar-refractivity contribution is -0.132. The first kappa shape index (κ1) is 11.4. The van der Waals surface area contributed by atoms with Crippen LogP contribution in [0, 0.1) is 11.3 Å². The normalized spacial score (nSPS) is 11.4. The first-order valence-electron chi connectivity index (χ1n) is 4.73. The lowest BCUT2D eigenvalue weighted by atomic mass is 10.1. The summed E-state index contributed by atoms with van der Waals surface area (Å²) < 4.78 is 0.896. The monoisotopic (exact) mass is 290 g/mol. The number of fused-ring (bicyclic) bond motifs is 1. The Morgan fingerprint density at radius 1 is 1.53 bits per heavy atom. The SMILES string of the molecule is N#C/C(=C\c1c[nH]c2ccc(Br)cc12)C(=O)O. The average molecular weight is 291 g/mol. The largest absolute Gasteiger partial charge is 0.477 e. The van der Waals surface area contributed by atoms with Crippen LogP contribution < -0.4 is 0 Å². The number of H-pyrrole nitrogens is 1. The van der Waals surface area contributed by atoms with Crippen LogP contribution in [0.5, 0.6) is 0 Å². The molecule has 0 aliphatic carbocycles. The summed E-state index contributed by atoms with van der Waals surface area (Å²) in [5.74, 6) is -1.23. The van der Waals surface area contributed by atoms with Gasteiger partial charge in [-0.05, 0) is 24.3 Å². The van der Waals surface area contributed by atoms with Crippen LogP contribution in [0.2, 0.25) is 0 Å². The van der Waals surface area contributed by atoms with Gasteiger partial charge in [0.15, 0.2) is 0 Å². The molecule has 2 aromatic rings. The molecule has 2 N–H and O–H groups in total. The summed E-state index contributed by atoms with van der Waals surface area (Å²) >= 11 is 3.35. The number of carboxylic acids is 1. The summed E-state index contributed by atoms with van der Waals surface area (Å²) in [7, 11) is 0. The molecule has 0 unspecified atom stereocenters. The maximum atomic E-state index is 10.7. The molecule has 1 heterocycles. The average Bonchev–Trinajstić information content (AvgIpc) is 2.68. The summed E-state index contributed by atoms with van der Waals surface area (Å²) in [5.41, 5.74) is 1.29. The summed E-state index contributed by atoms with van der Waals surface area (Å²) in [6.07, 6.45) is 3.03. The van der Waals surface area contributed by atoms with E-state index in [0.717, 1.165) is 15.4 Å². The van der Waals surface area contributed by atoms with E-state index in [2.05, 4.69) is 20.9 Å². The van der Waals surface area contributed by atoms with E-state index < -0.39 is 5.97 Å². The number of hydrogen-bond donors (Lipinski definition) is 2. The highest BCUT2D eigenvalue weighted by molar-refractivity contribution is 9.10. The van der Waals surface area contributed by atoms with Crippen molar-refractivity contribution < 1.29 is 9.90 Å². The Morgan fingerprint density at radius 3 is 2.94 bits per heavy atom. The van der Waals surface area contributed by atoms with Gasteiger partial charge < -0.3 is 10.1 Å². The molecule has 0 saturated carbocycles. The molecule has 2 rings (SSSR count). The zero-order valence-corrected chi connectivity index (χ0v) is 10.2. The fourth-order valence-electron chi connectivity index (χ4n) is 1.53. The Labute approximate surface area is 105 Å². The highest BCUT2D eigenvalue weighted by Gasteiger charge is 2.08. The molecule has 1 aromatic heterocycles. The Bertz CT molecular complexity index is 665. The third kappa shape index (κ3) is 2.22. The van der Waals surface area contributed by atoms with Gasteiger partial charge in [0.1, 0.15) is 11.6 Å². The van der Waals surface area contributed by atoms with Gasteiger partial charge in [-0.2, -0.15) is 5.26 Å². The van der Waals surface area contributed by atoms with E-state index in [4.69, 9.17) is 10.4 Å². The van der Waals surface area contributed by atoms with Crippen molar-refractivity contribution in [3.8, 4) is 6.07 Å². The second-order valence-electron chi connectivity index (χ2n) is 3.41. The van der Waals surface area contributed by atoms with Crippen molar-refractivity contribution in [2.45, 2.75) is 0 Å². The van der Waals surface area contributed by atoms with E-state index in [1.807, 2.05) is 18.2 Å². The Balaban J connectivity index is 2.61. The fourth-order valence-corrected chi connectivity index (χ4v) is 1.89. The van der Waals surface area contributed by atoms with E-state index in [0.29, 0.717) is 5.56 Å². The number of nitriles is 1. The van der Waals surface area contributed by atoms with Crippen LogP contribution in [0.25, 0.3) is 17.0 Å². The number of aliphatic carboxylic acids is 1. The van der Waals surface area contributed by atoms with Crippen molar-refractivity contribution in [1.82, 2.24) is 4.98 Å². The lowest BCUT2D eigenvalue weighted by Gasteiger charge is -1.94. The van der Waals surface area contributed by atoms with Crippen molar-refractivity contribution in [1.29, 1.82) is 5.26 Å². The van der Waals surface area contributed by atoms with Crippen LogP contribution in [0.4, 0.5) is 0 Å². The van der Waals surface area contributed by atoms with Crippen molar-refractivity contribution in [2.24, 2.45) is 0 Å². The molecule has 4 nitrogen and oxygen atoms in total. The molecule has 84 valence electrons. The predicted molar refractivity (Wildman–Crippen MR) is 67.2 cm³/mol. The number of nitrogens with zero attached hydrogens (tertiary/aromatic N) is 1. The van der Waals surface area contributed by atoms with Gasteiger partial charge in [-0.3, -0.25) is 0 Å². The van der Waals surface area contributed by atoms with Gasteiger partial charge in [-0.15, -0.1) is 0 Å². The van der Waals surface area contributed by atoms with E-state index in [1.54, 1.807) is 12.3 Å². The van der Waals surface area contributed by atoms with E-state index in [-0.39, 0.29) is 5.57 Å². The second kappa shape index (κ2) is 4.44. The molecule has 0 spiro atoms. The molecule has 0 radical (unpaired) electrons. The van der Waals surface area contributed by atoms with Crippen LogP contribution in [0.15, 0.2) is 34.4 Å². The van der Waals surface area contributed by atoms with E-state index >= 15 is 0 Å². The number of rotatable bonds is 2. The maximum Gasteiger partial charge on any atom is 0.346 e. The smallest absolute Gasteiger partial charge is 0.346 e. The van der Waals surface area contributed by atoms with E-state index in [1.165, 1.54) is 6.08 Å². The third-order valence-corrected chi connectivity index (χ3v) is 2.82. The van der Waals surface area contributed by atoms with Crippen LogP contribution in [-0.2, 0) is 4.79 Å². The van der Waals surface area contributed by atoms with E-state index in [9.17, 15) is 4.79 Å². The molecule has 17 heavy (non-hydrogen) atoms. The summed E-state index contributed by atoms with van der Waals surface area (Å²) in [6, 6.07) is 7.29. The minimum atomic E-state index is -1.23. The summed E-state index contributed by atoms with van der Waals surface area (Å²) in [6.45, 7) is 0. The van der Waals surface area contributed by atoms with Crippen LogP contribution in [0.1, 0.15) is 5.56 Å². The molecule has 0 saturated heterocycles. The zero-order valence-electron chi connectivity index (χ0n) is 8.57. The third-order valence-electron chi connectivity index (χ3n) is 2.33. The second-order valence-corrected chi connectivity index (χ2v) is 4.32. The molecule has 0 aliphatic heterocycles. The van der Waals surface area contributed by atoms with Gasteiger partial charge in [0.05, 0.1) is 0 Å². The lowest BCUT2D eigenvalue weighted by Crippen LogP contribution is -1.96. The van der Waals surface area contributed by atoms with Crippen molar-refractivity contribution in [2.75, 3.05) is 0 Å². The van der Waals surface area contributed by atoms with Crippen molar-refractivity contribution >= 4 is 38.9 Å². The Morgan fingerprint density at radius 2 is 2.29 bits per heavy atom. The molecule has 0 fully saturated rings.